The quantitative estimate of drug-likeness (QED) is 0.523. The standard InChI is InChI=1S/C25H21N5O3/c1-29-16-33-15-20-19(25(29)32)8-5-9-21(20)27-24(31)22-14-23(17-10-12-26-13-11-17)30(28-22)18-6-3-2-4-7-18/h2-14H,15-16H2,1H3,(H,27,31). The van der Waals surface area contributed by atoms with Gasteiger partial charge in [-0.05, 0) is 42.5 Å². The first-order valence-corrected chi connectivity index (χ1v) is 10.4. The topological polar surface area (TPSA) is 89.3 Å². The molecular formula is C25H21N5O3. The summed E-state index contributed by atoms with van der Waals surface area (Å²) in [6.45, 7) is 0.417. The normalized spacial score (nSPS) is 13.4. The molecule has 8 heteroatoms. The van der Waals surface area contributed by atoms with Gasteiger partial charge in [-0.1, -0.05) is 24.3 Å². The average molecular weight is 439 g/mol. The fourth-order valence-corrected chi connectivity index (χ4v) is 3.78. The molecule has 0 bridgehead atoms. The van der Waals surface area contributed by atoms with Crippen LogP contribution in [0.3, 0.4) is 0 Å². The number of ether oxygens (including phenoxy) is 1. The van der Waals surface area contributed by atoms with Crippen molar-refractivity contribution in [2.75, 3.05) is 19.1 Å². The molecule has 0 radical (unpaired) electrons. The van der Waals surface area contributed by atoms with E-state index in [-0.39, 0.29) is 30.8 Å². The summed E-state index contributed by atoms with van der Waals surface area (Å²) in [5.41, 5.74) is 4.43. The predicted molar refractivity (Wildman–Crippen MR) is 123 cm³/mol. The Bertz CT molecular complexity index is 1260. The molecule has 0 saturated carbocycles. The maximum Gasteiger partial charge on any atom is 0.276 e. The molecule has 2 aromatic heterocycles. The Balaban J connectivity index is 1.52. The van der Waals surface area contributed by atoms with Gasteiger partial charge in [-0.15, -0.1) is 0 Å². The van der Waals surface area contributed by atoms with E-state index < -0.39 is 0 Å². The molecular weight excluding hydrogens is 418 g/mol. The van der Waals surface area contributed by atoms with Crippen LogP contribution >= 0.6 is 0 Å². The highest BCUT2D eigenvalue weighted by atomic mass is 16.5. The molecule has 2 aromatic carbocycles. The molecule has 164 valence electrons. The number of amides is 2. The van der Waals surface area contributed by atoms with Gasteiger partial charge < -0.3 is 15.0 Å². The molecule has 1 N–H and O–H groups in total. The van der Waals surface area contributed by atoms with E-state index in [1.54, 1.807) is 48.4 Å². The number of aromatic nitrogens is 3. The number of hydrogen-bond acceptors (Lipinski definition) is 5. The molecule has 2 amide bonds. The summed E-state index contributed by atoms with van der Waals surface area (Å²) in [5.74, 6) is -0.523. The van der Waals surface area contributed by atoms with E-state index in [1.807, 2.05) is 42.5 Å². The third kappa shape index (κ3) is 3.99. The highest BCUT2D eigenvalue weighted by Crippen LogP contribution is 2.27. The maximum absolute atomic E-state index is 13.2. The van der Waals surface area contributed by atoms with E-state index in [1.165, 1.54) is 4.90 Å². The zero-order chi connectivity index (χ0) is 22.8. The second kappa shape index (κ2) is 8.68. The first kappa shape index (κ1) is 20.6. The number of hydrogen-bond donors (Lipinski definition) is 1. The summed E-state index contributed by atoms with van der Waals surface area (Å²) in [6, 6.07) is 20.3. The molecule has 0 aliphatic carbocycles. The van der Waals surface area contributed by atoms with E-state index >= 15 is 0 Å². The molecule has 0 spiro atoms. The number of carbonyl (C=O) groups is 2. The van der Waals surface area contributed by atoms with Crippen LogP contribution < -0.4 is 5.32 Å². The number of nitrogens with zero attached hydrogens (tertiary/aromatic N) is 4. The van der Waals surface area contributed by atoms with Gasteiger partial charge in [0.05, 0.1) is 18.0 Å². The van der Waals surface area contributed by atoms with E-state index in [9.17, 15) is 9.59 Å². The summed E-state index contributed by atoms with van der Waals surface area (Å²) < 4.78 is 7.33. The van der Waals surface area contributed by atoms with E-state index in [0.717, 1.165) is 16.9 Å². The molecule has 3 heterocycles. The minimum Gasteiger partial charge on any atom is -0.356 e. The van der Waals surface area contributed by atoms with Crippen LogP contribution in [0.4, 0.5) is 5.69 Å². The van der Waals surface area contributed by atoms with Gasteiger partial charge in [-0.25, -0.2) is 4.68 Å². The highest BCUT2D eigenvalue weighted by molar-refractivity contribution is 6.05. The maximum atomic E-state index is 13.2. The molecule has 33 heavy (non-hydrogen) atoms. The van der Waals surface area contributed by atoms with Gasteiger partial charge in [0.2, 0.25) is 0 Å². The Labute approximate surface area is 190 Å². The lowest BCUT2D eigenvalue weighted by Gasteiger charge is -2.14. The molecule has 0 atom stereocenters. The molecule has 1 aliphatic rings. The van der Waals surface area contributed by atoms with Gasteiger partial charge >= 0.3 is 0 Å². The van der Waals surface area contributed by atoms with Crippen LogP contribution in [0.25, 0.3) is 16.9 Å². The second-order valence-corrected chi connectivity index (χ2v) is 7.66. The first-order valence-electron chi connectivity index (χ1n) is 10.4. The van der Waals surface area contributed by atoms with Crippen LogP contribution in [0.2, 0.25) is 0 Å². The van der Waals surface area contributed by atoms with Gasteiger partial charge in [0, 0.05) is 41.8 Å². The third-order valence-corrected chi connectivity index (χ3v) is 5.45. The largest absolute Gasteiger partial charge is 0.356 e. The number of para-hydroxylation sites is 1. The van der Waals surface area contributed by atoms with Crippen molar-refractivity contribution in [3.63, 3.8) is 0 Å². The molecule has 0 unspecified atom stereocenters. The third-order valence-electron chi connectivity index (χ3n) is 5.45. The average Bonchev–Trinajstić information content (AvgIpc) is 3.25. The Morgan fingerprint density at radius 2 is 1.82 bits per heavy atom. The second-order valence-electron chi connectivity index (χ2n) is 7.66. The van der Waals surface area contributed by atoms with Crippen LogP contribution in [-0.4, -0.2) is 45.3 Å². The monoisotopic (exact) mass is 439 g/mol. The Morgan fingerprint density at radius 1 is 1.03 bits per heavy atom. The Morgan fingerprint density at radius 3 is 2.61 bits per heavy atom. The molecule has 0 fully saturated rings. The number of rotatable bonds is 4. The van der Waals surface area contributed by atoms with Crippen LogP contribution in [0.1, 0.15) is 26.4 Å². The van der Waals surface area contributed by atoms with E-state index in [2.05, 4.69) is 15.4 Å². The van der Waals surface area contributed by atoms with Crippen molar-refractivity contribution >= 4 is 17.5 Å². The minimum atomic E-state index is -0.376. The summed E-state index contributed by atoms with van der Waals surface area (Å²) in [6.07, 6.45) is 3.40. The van der Waals surface area contributed by atoms with E-state index in [0.29, 0.717) is 16.8 Å². The molecule has 4 aromatic rings. The van der Waals surface area contributed by atoms with E-state index in [4.69, 9.17) is 4.74 Å². The smallest absolute Gasteiger partial charge is 0.276 e. The highest BCUT2D eigenvalue weighted by Gasteiger charge is 2.24. The molecule has 8 nitrogen and oxygen atoms in total. The van der Waals surface area contributed by atoms with Crippen molar-refractivity contribution in [1.82, 2.24) is 19.7 Å². The lowest BCUT2D eigenvalue weighted by Crippen LogP contribution is -2.27. The van der Waals surface area contributed by atoms with Crippen molar-refractivity contribution in [3.8, 4) is 16.9 Å². The minimum absolute atomic E-state index is 0.146. The Hall–Kier alpha value is -4.30. The van der Waals surface area contributed by atoms with Gasteiger partial charge in [-0.2, -0.15) is 5.10 Å². The van der Waals surface area contributed by atoms with Gasteiger partial charge in [-0.3, -0.25) is 14.6 Å². The number of pyridine rings is 1. The first-order chi connectivity index (χ1) is 16.1. The van der Waals surface area contributed by atoms with Crippen LogP contribution in [0.5, 0.6) is 0 Å². The van der Waals surface area contributed by atoms with Crippen molar-refractivity contribution in [2.45, 2.75) is 6.61 Å². The fraction of sp³-hybridized carbons (Fsp3) is 0.120. The number of carbonyl (C=O) groups excluding carboxylic acids is 2. The SMILES string of the molecule is CN1COCc2c(NC(=O)c3cc(-c4ccncc4)n(-c4ccccc4)n3)cccc2C1=O. The fourth-order valence-electron chi connectivity index (χ4n) is 3.78. The van der Waals surface area contributed by atoms with Gasteiger partial charge in [0.1, 0.15) is 6.73 Å². The number of benzene rings is 2. The van der Waals surface area contributed by atoms with Gasteiger partial charge in [0.15, 0.2) is 5.69 Å². The van der Waals surface area contributed by atoms with Gasteiger partial charge in [0.25, 0.3) is 11.8 Å². The zero-order valence-corrected chi connectivity index (χ0v) is 17.9. The summed E-state index contributed by atoms with van der Waals surface area (Å²) in [4.78, 5) is 31.4. The Kier molecular flexibility index (Phi) is 5.42. The zero-order valence-electron chi connectivity index (χ0n) is 17.9. The molecule has 1 aliphatic heterocycles. The van der Waals surface area contributed by atoms with Crippen molar-refractivity contribution in [1.29, 1.82) is 0 Å². The predicted octanol–water partition coefficient (Wildman–Crippen LogP) is 3.75. The van der Waals surface area contributed by atoms with Crippen LogP contribution in [-0.2, 0) is 11.3 Å². The molecule has 5 rings (SSSR count). The summed E-state index contributed by atoms with van der Waals surface area (Å²) >= 11 is 0. The number of nitrogens with one attached hydrogen (secondary N) is 1. The van der Waals surface area contributed by atoms with Crippen molar-refractivity contribution < 1.29 is 14.3 Å². The lowest BCUT2D eigenvalue weighted by atomic mass is 10.0. The van der Waals surface area contributed by atoms with Crippen LogP contribution in [0, 0.1) is 0 Å². The number of fused-ring (bicyclic) bond motifs is 1. The van der Waals surface area contributed by atoms with Crippen molar-refractivity contribution in [3.05, 3.63) is 95.9 Å². The van der Waals surface area contributed by atoms with Crippen LogP contribution in [0.15, 0.2) is 79.1 Å². The summed E-state index contributed by atoms with van der Waals surface area (Å²) in [5, 5.41) is 7.50. The molecule has 0 saturated heterocycles. The lowest BCUT2D eigenvalue weighted by molar-refractivity contribution is 0.0340. The summed E-state index contributed by atoms with van der Waals surface area (Å²) in [7, 11) is 1.68. The van der Waals surface area contributed by atoms with Crippen molar-refractivity contribution in [2.24, 2.45) is 0 Å². The number of anilines is 1.